The predicted molar refractivity (Wildman–Crippen MR) is 42.7 cm³/mol. The van der Waals surface area contributed by atoms with Gasteiger partial charge < -0.3 is 15.1 Å². The summed E-state index contributed by atoms with van der Waals surface area (Å²) in [6.45, 7) is 0. The first-order chi connectivity index (χ1) is 5.77. The lowest BCUT2D eigenvalue weighted by molar-refractivity contribution is -0.389. The Morgan fingerprint density at radius 2 is 2.25 bits per heavy atom. The monoisotopic (exact) mass is 163 g/mol. The van der Waals surface area contributed by atoms with Crippen LogP contribution >= 0.6 is 0 Å². The van der Waals surface area contributed by atoms with Crippen LogP contribution in [0.4, 0.5) is 5.82 Å². The summed E-state index contributed by atoms with van der Waals surface area (Å²) in [5.74, 6) is -0.134. The molecule has 0 saturated heterocycles. The van der Waals surface area contributed by atoms with E-state index in [2.05, 4.69) is 9.97 Å². The smallest absolute Gasteiger partial charge is 0.358 e. The summed E-state index contributed by atoms with van der Waals surface area (Å²) in [5.41, 5.74) is 0.546. The number of fused-ring (bicyclic) bond motifs is 1. The Bertz CT molecular complexity index is 435. The van der Waals surface area contributed by atoms with Gasteiger partial charge in [0.2, 0.25) is 0 Å². The van der Waals surface area contributed by atoms with Crippen molar-refractivity contribution < 1.29 is 4.92 Å². The number of nitro groups is 1. The molecule has 0 unspecified atom stereocenters. The Kier molecular flexibility index (Phi) is 1.30. The Labute approximate surface area is 67.2 Å². The minimum absolute atomic E-state index is 0.134. The van der Waals surface area contributed by atoms with Gasteiger partial charge in [-0.05, 0) is 22.0 Å². The van der Waals surface area contributed by atoms with Crippen molar-refractivity contribution in [3.05, 3.63) is 34.5 Å². The van der Waals surface area contributed by atoms with Crippen LogP contribution in [0, 0.1) is 10.1 Å². The van der Waals surface area contributed by atoms with Gasteiger partial charge in [0.1, 0.15) is 0 Å². The zero-order valence-corrected chi connectivity index (χ0v) is 6.02. The second-order valence-corrected chi connectivity index (χ2v) is 2.34. The molecule has 60 valence electrons. The number of nitrogens with zero attached hydrogens (tertiary/aromatic N) is 2. The second kappa shape index (κ2) is 2.30. The van der Waals surface area contributed by atoms with Gasteiger partial charge in [-0.2, -0.15) is 0 Å². The summed E-state index contributed by atoms with van der Waals surface area (Å²) in [5, 5.41) is 11.2. The molecule has 0 radical (unpaired) electrons. The maximum absolute atomic E-state index is 10.3. The average Bonchev–Trinajstić information content (AvgIpc) is 2.49. The summed E-state index contributed by atoms with van der Waals surface area (Å²) in [7, 11) is 0. The van der Waals surface area contributed by atoms with Crippen LogP contribution in [0.15, 0.2) is 24.4 Å². The van der Waals surface area contributed by atoms with Gasteiger partial charge in [0.05, 0.1) is 0 Å². The zero-order valence-electron chi connectivity index (χ0n) is 6.02. The molecule has 0 saturated carbocycles. The third-order valence-electron chi connectivity index (χ3n) is 1.58. The Hall–Kier alpha value is -1.91. The zero-order chi connectivity index (χ0) is 8.55. The fourth-order valence-corrected chi connectivity index (χ4v) is 1.02. The molecule has 1 N–H and O–H groups in total. The standard InChI is InChI=1S/C7H5N3O2/c11-10(12)6-2-1-5-3-4-8-7(5)9-6/h1-4H,(H,8,9). The third kappa shape index (κ3) is 0.914. The molecular formula is C7H5N3O2. The maximum Gasteiger partial charge on any atom is 0.365 e. The number of H-pyrrole nitrogens is 1. The molecule has 0 atom stereocenters. The molecule has 0 aliphatic carbocycles. The van der Waals surface area contributed by atoms with Crippen molar-refractivity contribution in [1.82, 2.24) is 9.97 Å². The highest BCUT2D eigenvalue weighted by atomic mass is 16.6. The summed E-state index contributed by atoms with van der Waals surface area (Å²) >= 11 is 0. The summed E-state index contributed by atoms with van der Waals surface area (Å²) < 4.78 is 0. The molecule has 0 amide bonds. The first kappa shape index (κ1) is 6.78. The van der Waals surface area contributed by atoms with Crippen LogP contribution < -0.4 is 0 Å². The van der Waals surface area contributed by atoms with Crippen molar-refractivity contribution in [2.45, 2.75) is 0 Å². The van der Waals surface area contributed by atoms with E-state index in [4.69, 9.17) is 0 Å². The van der Waals surface area contributed by atoms with E-state index in [1.807, 2.05) is 6.07 Å². The van der Waals surface area contributed by atoms with E-state index in [1.54, 1.807) is 12.3 Å². The highest BCUT2D eigenvalue weighted by molar-refractivity contribution is 5.76. The summed E-state index contributed by atoms with van der Waals surface area (Å²) in [4.78, 5) is 16.4. The first-order valence-electron chi connectivity index (χ1n) is 3.36. The van der Waals surface area contributed by atoms with Gasteiger partial charge in [0.25, 0.3) is 5.65 Å². The maximum atomic E-state index is 10.3. The molecule has 2 heterocycles. The molecular weight excluding hydrogens is 158 g/mol. The van der Waals surface area contributed by atoms with Gasteiger partial charge in [-0.15, -0.1) is 0 Å². The molecule has 0 aliphatic heterocycles. The van der Waals surface area contributed by atoms with Gasteiger partial charge in [-0.1, -0.05) is 0 Å². The Morgan fingerprint density at radius 1 is 1.42 bits per heavy atom. The van der Waals surface area contributed by atoms with Crippen molar-refractivity contribution in [3.8, 4) is 0 Å². The lowest BCUT2D eigenvalue weighted by Crippen LogP contribution is -1.90. The molecule has 2 aromatic rings. The van der Waals surface area contributed by atoms with Crippen molar-refractivity contribution in [1.29, 1.82) is 0 Å². The van der Waals surface area contributed by atoms with E-state index in [0.717, 1.165) is 5.39 Å². The molecule has 12 heavy (non-hydrogen) atoms. The number of hydrogen-bond acceptors (Lipinski definition) is 3. The lowest BCUT2D eigenvalue weighted by Gasteiger charge is -1.89. The minimum atomic E-state index is -0.514. The molecule has 0 aliphatic rings. The molecule has 5 nitrogen and oxygen atoms in total. The van der Waals surface area contributed by atoms with Crippen molar-refractivity contribution >= 4 is 16.9 Å². The SMILES string of the molecule is O=[N+]([O-])c1ccc2cc[nH]c2n1. The van der Waals surface area contributed by atoms with Crippen LogP contribution in [0.2, 0.25) is 0 Å². The molecule has 0 spiro atoms. The molecule has 5 heteroatoms. The molecule has 0 bridgehead atoms. The Balaban J connectivity index is 2.68. The lowest BCUT2D eigenvalue weighted by atomic mass is 10.3. The number of nitrogens with one attached hydrogen (secondary N) is 1. The van der Waals surface area contributed by atoms with Gasteiger partial charge in [-0.3, -0.25) is 0 Å². The highest BCUT2D eigenvalue weighted by Crippen LogP contribution is 2.14. The minimum Gasteiger partial charge on any atom is -0.358 e. The van der Waals surface area contributed by atoms with Gasteiger partial charge in [0, 0.05) is 17.6 Å². The number of aromatic nitrogens is 2. The number of aromatic amines is 1. The first-order valence-corrected chi connectivity index (χ1v) is 3.36. The van der Waals surface area contributed by atoms with Gasteiger partial charge >= 0.3 is 5.82 Å². The van der Waals surface area contributed by atoms with Gasteiger partial charge in [-0.25, -0.2) is 0 Å². The number of pyridine rings is 1. The molecule has 0 aromatic carbocycles. The number of rotatable bonds is 1. The third-order valence-corrected chi connectivity index (χ3v) is 1.58. The predicted octanol–water partition coefficient (Wildman–Crippen LogP) is 1.47. The van der Waals surface area contributed by atoms with E-state index in [1.165, 1.54) is 6.07 Å². The van der Waals surface area contributed by atoms with E-state index in [9.17, 15) is 10.1 Å². The van der Waals surface area contributed by atoms with E-state index in [-0.39, 0.29) is 5.82 Å². The quantitative estimate of drug-likeness (QED) is 0.511. The molecule has 0 fully saturated rings. The fourth-order valence-electron chi connectivity index (χ4n) is 1.02. The molecule has 2 aromatic heterocycles. The van der Waals surface area contributed by atoms with Crippen LogP contribution in [0.25, 0.3) is 11.0 Å². The largest absolute Gasteiger partial charge is 0.365 e. The van der Waals surface area contributed by atoms with Crippen molar-refractivity contribution in [3.63, 3.8) is 0 Å². The Morgan fingerprint density at radius 3 is 3.00 bits per heavy atom. The summed E-state index contributed by atoms with van der Waals surface area (Å²) in [6, 6.07) is 4.86. The van der Waals surface area contributed by atoms with Gasteiger partial charge in [0.15, 0.2) is 0 Å². The average molecular weight is 163 g/mol. The van der Waals surface area contributed by atoms with Crippen molar-refractivity contribution in [2.24, 2.45) is 0 Å². The van der Waals surface area contributed by atoms with Crippen molar-refractivity contribution in [2.75, 3.05) is 0 Å². The second-order valence-electron chi connectivity index (χ2n) is 2.34. The van der Waals surface area contributed by atoms with Crippen LogP contribution in [0.1, 0.15) is 0 Å². The topological polar surface area (TPSA) is 71.8 Å². The van der Waals surface area contributed by atoms with Crippen LogP contribution in [-0.2, 0) is 0 Å². The highest BCUT2D eigenvalue weighted by Gasteiger charge is 2.08. The fraction of sp³-hybridized carbons (Fsp3) is 0. The van der Waals surface area contributed by atoms with Crippen LogP contribution in [-0.4, -0.2) is 14.9 Å². The van der Waals surface area contributed by atoms with E-state index in [0.29, 0.717) is 5.65 Å². The van der Waals surface area contributed by atoms with Crippen LogP contribution in [0.3, 0.4) is 0 Å². The van der Waals surface area contributed by atoms with E-state index < -0.39 is 4.92 Å². The van der Waals surface area contributed by atoms with E-state index >= 15 is 0 Å². The summed E-state index contributed by atoms with van der Waals surface area (Å²) in [6.07, 6.45) is 1.70. The molecule has 2 rings (SSSR count). The number of hydrogen-bond donors (Lipinski definition) is 1. The van der Waals surface area contributed by atoms with Crippen LogP contribution in [0.5, 0.6) is 0 Å². The normalized spacial score (nSPS) is 10.3.